The summed E-state index contributed by atoms with van der Waals surface area (Å²) < 4.78 is 8.87. The maximum atomic E-state index is 5.86. The summed E-state index contributed by atoms with van der Waals surface area (Å²) in [6, 6.07) is 6.15. The Bertz CT molecular complexity index is 554. The third kappa shape index (κ3) is 3.71. The number of aromatic nitrogens is 2. The number of fused-ring (bicyclic) bond motifs is 1. The molecule has 19 heavy (non-hydrogen) atoms. The molecule has 0 aliphatic carbocycles. The summed E-state index contributed by atoms with van der Waals surface area (Å²) in [6.45, 7) is 5.59. The SMILES string of the molecule is CC(C)OCCn1c(CCCl)nc2cc(Br)ccc21. The van der Waals surface area contributed by atoms with Crippen molar-refractivity contribution in [1.82, 2.24) is 9.55 Å². The number of rotatable bonds is 6. The number of hydrogen-bond acceptors (Lipinski definition) is 2. The van der Waals surface area contributed by atoms with E-state index in [0.29, 0.717) is 12.5 Å². The molecule has 1 aromatic carbocycles. The highest BCUT2D eigenvalue weighted by Crippen LogP contribution is 2.21. The van der Waals surface area contributed by atoms with Crippen LogP contribution in [0, 0.1) is 0 Å². The van der Waals surface area contributed by atoms with Gasteiger partial charge in [-0.3, -0.25) is 0 Å². The van der Waals surface area contributed by atoms with Gasteiger partial charge in [-0.05, 0) is 32.0 Å². The van der Waals surface area contributed by atoms with Gasteiger partial charge in [-0.1, -0.05) is 15.9 Å². The normalized spacial score (nSPS) is 11.6. The number of hydrogen-bond donors (Lipinski definition) is 0. The van der Waals surface area contributed by atoms with E-state index in [-0.39, 0.29) is 6.10 Å². The summed E-state index contributed by atoms with van der Waals surface area (Å²) in [5.74, 6) is 1.60. The van der Waals surface area contributed by atoms with Gasteiger partial charge in [-0.25, -0.2) is 4.98 Å². The van der Waals surface area contributed by atoms with Crippen LogP contribution >= 0.6 is 27.5 Å². The predicted molar refractivity (Wildman–Crippen MR) is 82.9 cm³/mol. The maximum Gasteiger partial charge on any atom is 0.111 e. The lowest BCUT2D eigenvalue weighted by Gasteiger charge is -2.11. The summed E-state index contributed by atoms with van der Waals surface area (Å²) in [5, 5.41) is 0. The molecule has 1 heterocycles. The number of halogens is 2. The van der Waals surface area contributed by atoms with Gasteiger partial charge in [-0.15, -0.1) is 11.6 Å². The molecule has 0 fully saturated rings. The van der Waals surface area contributed by atoms with Crippen LogP contribution in [0.5, 0.6) is 0 Å². The van der Waals surface area contributed by atoms with Crippen LogP contribution < -0.4 is 0 Å². The molecule has 0 radical (unpaired) electrons. The third-order valence-electron chi connectivity index (χ3n) is 2.87. The largest absolute Gasteiger partial charge is 0.377 e. The van der Waals surface area contributed by atoms with Crippen molar-refractivity contribution in [2.24, 2.45) is 0 Å². The Labute approximate surface area is 127 Å². The van der Waals surface area contributed by atoms with Crippen molar-refractivity contribution < 1.29 is 4.74 Å². The average molecular weight is 346 g/mol. The summed E-state index contributed by atoms with van der Waals surface area (Å²) in [7, 11) is 0. The molecule has 5 heteroatoms. The lowest BCUT2D eigenvalue weighted by atomic mass is 10.3. The van der Waals surface area contributed by atoms with E-state index in [2.05, 4.69) is 31.5 Å². The molecule has 2 aromatic rings. The molecule has 104 valence electrons. The fourth-order valence-corrected chi connectivity index (χ4v) is 2.58. The van der Waals surface area contributed by atoms with Crippen LogP contribution in [0.4, 0.5) is 0 Å². The van der Waals surface area contributed by atoms with Gasteiger partial charge in [0.1, 0.15) is 5.82 Å². The Kier molecular flexibility index (Phi) is 5.25. The van der Waals surface area contributed by atoms with Gasteiger partial charge in [0.2, 0.25) is 0 Å². The number of nitrogens with zero attached hydrogens (tertiary/aromatic N) is 2. The van der Waals surface area contributed by atoms with E-state index >= 15 is 0 Å². The van der Waals surface area contributed by atoms with Crippen molar-refractivity contribution in [2.75, 3.05) is 12.5 Å². The fraction of sp³-hybridized carbons (Fsp3) is 0.500. The zero-order chi connectivity index (χ0) is 13.8. The molecule has 0 amide bonds. The number of aryl methyl sites for hydroxylation is 1. The molecule has 0 aliphatic heterocycles. The van der Waals surface area contributed by atoms with Crippen LogP contribution in [-0.4, -0.2) is 28.1 Å². The van der Waals surface area contributed by atoms with Crippen LogP contribution in [0.1, 0.15) is 19.7 Å². The summed E-state index contributed by atoms with van der Waals surface area (Å²) in [4.78, 5) is 4.65. The topological polar surface area (TPSA) is 27.1 Å². The Morgan fingerprint density at radius 1 is 1.42 bits per heavy atom. The Balaban J connectivity index is 2.29. The quantitative estimate of drug-likeness (QED) is 0.740. The van der Waals surface area contributed by atoms with E-state index in [0.717, 1.165) is 34.3 Å². The zero-order valence-corrected chi connectivity index (χ0v) is 13.5. The molecule has 0 saturated carbocycles. The Morgan fingerprint density at radius 2 is 2.21 bits per heavy atom. The first-order chi connectivity index (χ1) is 9.11. The molecule has 3 nitrogen and oxygen atoms in total. The van der Waals surface area contributed by atoms with Crippen molar-refractivity contribution in [1.29, 1.82) is 0 Å². The van der Waals surface area contributed by atoms with Crippen LogP contribution in [0.3, 0.4) is 0 Å². The maximum absolute atomic E-state index is 5.86. The van der Waals surface area contributed by atoms with E-state index in [1.807, 2.05) is 26.0 Å². The highest BCUT2D eigenvalue weighted by atomic mass is 79.9. The van der Waals surface area contributed by atoms with Gasteiger partial charge in [0, 0.05) is 23.3 Å². The highest BCUT2D eigenvalue weighted by molar-refractivity contribution is 9.10. The highest BCUT2D eigenvalue weighted by Gasteiger charge is 2.10. The zero-order valence-electron chi connectivity index (χ0n) is 11.2. The standard InChI is InChI=1S/C14H18BrClN2O/c1-10(2)19-8-7-18-13-4-3-11(15)9-12(13)17-14(18)5-6-16/h3-4,9-10H,5-8H2,1-2H3. The van der Waals surface area contributed by atoms with Gasteiger partial charge in [-0.2, -0.15) is 0 Å². The fourth-order valence-electron chi connectivity index (χ4n) is 2.06. The summed E-state index contributed by atoms with van der Waals surface area (Å²) in [5.41, 5.74) is 2.13. The third-order valence-corrected chi connectivity index (χ3v) is 3.56. The van der Waals surface area contributed by atoms with Gasteiger partial charge in [0.15, 0.2) is 0 Å². The van der Waals surface area contributed by atoms with E-state index in [1.54, 1.807) is 0 Å². The monoisotopic (exact) mass is 344 g/mol. The second-order valence-corrected chi connectivity index (χ2v) is 5.96. The molecular formula is C14H18BrClN2O. The first-order valence-electron chi connectivity index (χ1n) is 6.44. The Morgan fingerprint density at radius 3 is 2.89 bits per heavy atom. The molecular weight excluding hydrogens is 328 g/mol. The molecule has 0 unspecified atom stereocenters. The molecule has 2 rings (SSSR count). The lowest BCUT2D eigenvalue weighted by Crippen LogP contribution is -2.13. The van der Waals surface area contributed by atoms with Crippen LogP contribution in [0.2, 0.25) is 0 Å². The minimum absolute atomic E-state index is 0.250. The van der Waals surface area contributed by atoms with E-state index in [1.165, 1.54) is 0 Å². The molecule has 0 spiro atoms. The number of benzene rings is 1. The predicted octanol–water partition coefficient (Wildman–Crippen LogP) is 4.01. The van der Waals surface area contributed by atoms with Gasteiger partial charge >= 0.3 is 0 Å². The number of imidazole rings is 1. The number of ether oxygens (including phenoxy) is 1. The van der Waals surface area contributed by atoms with Crippen molar-refractivity contribution in [2.45, 2.75) is 32.9 Å². The lowest BCUT2D eigenvalue weighted by molar-refractivity contribution is 0.0729. The van der Waals surface area contributed by atoms with Gasteiger partial charge in [0.05, 0.1) is 23.7 Å². The molecule has 0 aliphatic rings. The van der Waals surface area contributed by atoms with Crippen molar-refractivity contribution in [3.8, 4) is 0 Å². The second-order valence-electron chi connectivity index (χ2n) is 4.67. The molecule has 1 aromatic heterocycles. The van der Waals surface area contributed by atoms with Gasteiger partial charge < -0.3 is 9.30 Å². The van der Waals surface area contributed by atoms with Crippen LogP contribution in [-0.2, 0) is 17.7 Å². The number of alkyl halides is 1. The van der Waals surface area contributed by atoms with Gasteiger partial charge in [0.25, 0.3) is 0 Å². The molecule has 0 bridgehead atoms. The first kappa shape index (κ1) is 14.8. The second kappa shape index (κ2) is 6.73. The average Bonchev–Trinajstić information content (AvgIpc) is 2.66. The minimum Gasteiger partial charge on any atom is -0.377 e. The Hall–Kier alpha value is -0.580. The van der Waals surface area contributed by atoms with E-state index < -0.39 is 0 Å². The van der Waals surface area contributed by atoms with Crippen LogP contribution in [0.25, 0.3) is 11.0 Å². The smallest absolute Gasteiger partial charge is 0.111 e. The minimum atomic E-state index is 0.250. The van der Waals surface area contributed by atoms with E-state index in [4.69, 9.17) is 16.3 Å². The van der Waals surface area contributed by atoms with Crippen molar-refractivity contribution in [3.05, 3.63) is 28.5 Å². The molecule has 0 saturated heterocycles. The van der Waals surface area contributed by atoms with E-state index in [9.17, 15) is 0 Å². The van der Waals surface area contributed by atoms with Crippen molar-refractivity contribution in [3.63, 3.8) is 0 Å². The first-order valence-corrected chi connectivity index (χ1v) is 7.77. The molecule has 0 atom stereocenters. The molecule has 0 N–H and O–H groups in total. The summed E-state index contributed by atoms with van der Waals surface area (Å²) in [6.07, 6.45) is 1.02. The summed E-state index contributed by atoms with van der Waals surface area (Å²) >= 11 is 9.33. The van der Waals surface area contributed by atoms with Crippen LogP contribution in [0.15, 0.2) is 22.7 Å². The van der Waals surface area contributed by atoms with Crippen molar-refractivity contribution >= 4 is 38.6 Å².